The summed E-state index contributed by atoms with van der Waals surface area (Å²) in [5, 5.41) is 14.2. The highest BCUT2D eigenvalue weighted by Crippen LogP contribution is 2.31. The van der Waals surface area contributed by atoms with Crippen LogP contribution < -0.4 is 15.4 Å². The predicted octanol–water partition coefficient (Wildman–Crippen LogP) is 3.25. The number of hydrogen-bond donors (Lipinski definition) is 3. The summed E-state index contributed by atoms with van der Waals surface area (Å²) in [5.74, 6) is -5.35. The minimum atomic E-state index is -1.46. The molecule has 0 saturated heterocycles. The summed E-state index contributed by atoms with van der Waals surface area (Å²) < 4.78 is 51.2. The number of carboxylic acids is 1. The number of nitrogens with one attached hydrogen (secondary N) is 2. The Morgan fingerprint density at radius 3 is 2.61 bits per heavy atom. The SMILES string of the molecule is O=C(NCCCn1ccnc1)Nc1snc(OCc2c(F)cc(F)cc2F)c1C(=O)O. The van der Waals surface area contributed by atoms with Crippen molar-refractivity contribution in [2.24, 2.45) is 0 Å². The number of hydrogen-bond acceptors (Lipinski definition) is 6. The molecular formula is C18H16F3N5O4S. The van der Waals surface area contributed by atoms with Crippen LogP contribution in [-0.2, 0) is 13.2 Å². The molecule has 9 nitrogen and oxygen atoms in total. The molecule has 1 aromatic carbocycles. The Morgan fingerprint density at radius 2 is 1.97 bits per heavy atom. The van der Waals surface area contributed by atoms with Crippen LogP contribution in [0.2, 0.25) is 0 Å². The molecule has 0 fully saturated rings. The Labute approximate surface area is 177 Å². The maximum Gasteiger partial charge on any atom is 0.344 e. The first-order valence-electron chi connectivity index (χ1n) is 8.85. The number of rotatable bonds is 9. The Kier molecular flexibility index (Phi) is 7.07. The topological polar surface area (TPSA) is 118 Å². The van der Waals surface area contributed by atoms with E-state index >= 15 is 0 Å². The second kappa shape index (κ2) is 9.93. The molecule has 0 aliphatic rings. The number of amides is 2. The highest BCUT2D eigenvalue weighted by molar-refractivity contribution is 7.11. The van der Waals surface area contributed by atoms with Gasteiger partial charge in [-0.15, -0.1) is 0 Å². The normalized spacial score (nSPS) is 10.7. The van der Waals surface area contributed by atoms with Gasteiger partial charge in [0.25, 0.3) is 0 Å². The second-order valence-corrected chi connectivity index (χ2v) is 6.94. The molecule has 0 aliphatic heterocycles. The number of ether oxygens (including phenoxy) is 1. The first kappa shape index (κ1) is 22.1. The predicted molar refractivity (Wildman–Crippen MR) is 104 cm³/mol. The van der Waals surface area contributed by atoms with Gasteiger partial charge in [-0.3, -0.25) is 5.32 Å². The van der Waals surface area contributed by atoms with Crippen molar-refractivity contribution < 1.29 is 32.6 Å². The van der Waals surface area contributed by atoms with Gasteiger partial charge in [-0.05, 0) is 18.0 Å². The summed E-state index contributed by atoms with van der Waals surface area (Å²) in [4.78, 5) is 27.5. The van der Waals surface area contributed by atoms with Crippen molar-refractivity contribution in [1.29, 1.82) is 0 Å². The minimum absolute atomic E-state index is 0.116. The standard InChI is InChI=1S/C18H16F3N5O4S/c19-10-6-12(20)11(13(21)7-10)8-30-15-14(17(27)28)16(31-25-15)24-18(29)23-2-1-4-26-5-3-22-9-26/h3,5-7,9H,1-2,4,8H2,(H,27,28)(H2,23,24,29). The van der Waals surface area contributed by atoms with Gasteiger partial charge in [0.05, 0.1) is 11.9 Å². The number of imidazole rings is 1. The molecule has 3 aromatic rings. The van der Waals surface area contributed by atoms with Crippen molar-refractivity contribution >= 4 is 28.5 Å². The smallest absolute Gasteiger partial charge is 0.344 e. The zero-order valence-corrected chi connectivity index (χ0v) is 16.6. The molecule has 0 bridgehead atoms. The average Bonchev–Trinajstić information content (AvgIpc) is 3.34. The molecule has 0 atom stereocenters. The maximum absolute atomic E-state index is 13.7. The molecule has 164 valence electrons. The average molecular weight is 455 g/mol. The van der Waals surface area contributed by atoms with Gasteiger partial charge < -0.3 is 19.7 Å². The molecule has 2 aromatic heterocycles. The minimum Gasteiger partial charge on any atom is -0.477 e. The van der Waals surface area contributed by atoms with E-state index in [1.165, 1.54) is 0 Å². The number of urea groups is 1. The lowest BCUT2D eigenvalue weighted by molar-refractivity contribution is 0.0693. The van der Waals surface area contributed by atoms with Crippen LogP contribution in [0.15, 0.2) is 30.9 Å². The van der Waals surface area contributed by atoms with Crippen LogP contribution in [0.4, 0.5) is 23.0 Å². The van der Waals surface area contributed by atoms with E-state index in [0.29, 0.717) is 43.2 Å². The van der Waals surface area contributed by atoms with Crippen LogP contribution in [0.5, 0.6) is 5.88 Å². The summed E-state index contributed by atoms with van der Waals surface area (Å²) in [7, 11) is 0. The zero-order valence-electron chi connectivity index (χ0n) is 15.8. The lowest BCUT2D eigenvalue weighted by Gasteiger charge is -2.08. The van der Waals surface area contributed by atoms with Gasteiger partial charge in [0.1, 0.15) is 29.1 Å². The Morgan fingerprint density at radius 1 is 1.23 bits per heavy atom. The van der Waals surface area contributed by atoms with E-state index < -0.39 is 53.1 Å². The van der Waals surface area contributed by atoms with Gasteiger partial charge in [0.15, 0.2) is 5.56 Å². The van der Waals surface area contributed by atoms with Gasteiger partial charge in [0.2, 0.25) is 5.88 Å². The van der Waals surface area contributed by atoms with Gasteiger partial charge in [-0.25, -0.2) is 27.7 Å². The van der Waals surface area contributed by atoms with Gasteiger partial charge in [-0.2, -0.15) is 4.37 Å². The van der Waals surface area contributed by atoms with E-state index in [9.17, 15) is 27.9 Å². The van der Waals surface area contributed by atoms with Crippen LogP contribution in [0.1, 0.15) is 22.3 Å². The number of nitrogens with zero attached hydrogens (tertiary/aromatic N) is 3. The third-order valence-corrected chi connectivity index (χ3v) is 4.74. The van der Waals surface area contributed by atoms with E-state index in [0.717, 1.165) is 0 Å². The summed E-state index contributed by atoms with van der Waals surface area (Å²) in [6, 6.07) is 0.301. The van der Waals surface area contributed by atoms with Crippen molar-refractivity contribution in [2.75, 3.05) is 11.9 Å². The maximum atomic E-state index is 13.7. The van der Waals surface area contributed by atoms with Crippen LogP contribution in [0.3, 0.4) is 0 Å². The van der Waals surface area contributed by atoms with Gasteiger partial charge >= 0.3 is 12.0 Å². The Hall–Kier alpha value is -3.61. The van der Waals surface area contributed by atoms with E-state index in [1.54, 1.807) is 18.7 Å². The van der Waals surface area contributed by atoms with Crippen LogP contribution >= 0.6 is 11.5 Å². The molecule has 13 heteroatoms. The Bertz CT molecular complexity index is 1050. The van der Waals surface area contributed by atoms with Crippen LogP contribution in [0, 0.1) is 17.5 Å². The Balaban J connectivity index is 1.59. The second-order valence-electron chi connectivity index (χ2n) is 6.17. The van der Waals surface area contributed by atoms with Crippen molar-refractivity contribution in [3.05, 3.63) is 59.4 Å². The number of halogens is 3. The highest BCUT2D eigenvalue weighted by Gasteiger charge is 2.24. The molecule has 0 radical (unpaired) electrons. The third-order valence-electron chi connectivity index (χ3n) is 4.00. The molecule has 31 heavy (non-hydrogen) atoms. The van der Waals surface area contributed by atoms with Crippen LogP contribution in [-0.4, -0.2) is 37.6 Å². The highest BCUT2D eigenvalue weighted by atomic mass is 32.1. The van der Waals surface area contributed by atoms with E-state index in [-0.39, 0.29) is 5.00 Å². The number of aromatic carboxylic acids is 1. The fourth-order valence-electron chi connectivity index (χ4n) is 2.53. The van der Waals surface area contributed by atoms with Crippen LogP contribution in [0.25, 0.3) is 0 Å². The molecule has 0 spiro atoms. The summed E-state index contributed by atoms with van der Waals surface area (Å²) in [6.07, 6.45) is 5.67. The number of anilines is 1. The number of aromatic nitrogens is 3. The number of carbonyl (C=O) groups excluding carboxylic acids is 1. The lowest BCUT2D eigenvalue weighted by atomic mass is 10.2. The molecule has 0 saturated carbocycles. The fourth-order valence-corrected chi connectivity index (χ4v) is 3.25. The van der Waals surface area contributed by atoms with Crippen molar-refractivity contribution in [1.82, 2.24) is 19.2 Å². The quantitative estimate of drug-likeness (QED) is 0.427. The molecule has 3 N–H and O–H groups in total. The van der Waals surface area contributed by atoms with Gasteiger partial charge in [-0.1, -0.05) is 0 Å². The lowest BCUT2D eigenvalue weighted by Crippen LogP contribution is -2.30. The number of aryl methyl sites for hydroxylation is 1. The largest absolute Gasteiger partial charge is 0.477 e. The van der Waals surface area contributed by atoms with E-state index in [1.807, 2.05) is 4.57 Å². The molecular weight excluding hydrogens is 439 g/mol. The number of carboxylic acid groups (broad SMARTS) is 1. The van der Waals surface area contributed by atoms with Crippen molar-refractivity contribution in [3.63, 3.8) is 0 Å². The van der Waals surface area contributed by atoms with Gasteiger partial charge in [0, 0.05) is 37.6 Å². The fraction of sp³-hybridized carbons (Fsp3) is 0.222. The first-order valence-corrected chi connectivity index (χ1v) is 9.62. The monoisotopic (exact) mass is 455 g/mol. The third kappa shape index (κ3) is 5.72. The summed E-state index contributed by atoms with van der Waals surface area (Å²) in [5.41, 5.74) is -1.06. The molecule has 2 heterocycles. The number of benzene rings is 1. The molecule has 2 amide bonds. The van der Waals surface area contributed by atoms with Crippen molar-refractivity contribution in [2.45, 2.75) is 19.6 Å². The number of carbonyl (C=O) groups is 2. The van der Waals surface area contributed by atoms with E-state index in [4.69, 9.17) is 4.74 Å². The first-order chi connectivity index (χ1) is 14.8. The van der Waals surface area contributed by atoms with E-state index in [2.05, 4.69) is 20.0 Å². The van der Waals surface area contributed by atoms with Crippen molar-refractivity contribution in [3.8, 4) is 5.88 Å². The zero-order chi connectivity index (χ0) is 22.4. The summed E-state index contributed by atoms with van der Waals surface area (Å²) >= 11 is 0.628. The molecule has 0 unspecified atom stereocenters. The molecule has 3 rings (SSSR count). The summed E-state index contributed by atoms with van der Waals surface area (Å²) in [6.45, 7) is 0.231. The molecule has 0 aliphatic carbocycles.